The summed E-state index contributed by atoms with van der Waals surface area (Å²) in [5, 5.41) is 0. The third-order valence-electron chi connectivity index (χ3n) is 11.3. The summed E-state index contributed by atoms with van der Waals surface area (Å²) < 4.78 is 16.8. The molecule has 0 aromatic rings. The molecule has 0 aliphatic heterocycles. The van der Waals surface area contributed by atoms with Crippen molar-refractivity contribution in [1.82, 2.24) is 0 Å². The van der Waals surface area contributed by atoms with Crippen molar-refractivity contribution in [2.45, 2.75) is 266 Å². The van der Waals surface area contributed by atoms with Crippen LogP contribution in [0.2, 0.25) is 0 Å². The Morgan fingerprint density at radius 3 is 0.945 bits per heavy atom. The largest absolute Gasteiger partial charge is 0.462 e. The molecule has 2 atom stereocenters. The molecule has 6 nitrogen and oxygen atoms in total. The van der Waals surface area contributed by atoms with Crippen LogP contribution in [0.5, 0.6) is 0 Å². The van der Waals surface area contributed by atoms with Gasteiger partial charge in [0, 0.05) is 19.3 Å². The lowest BCUT2D eigenvalue weighted by Gasteiger charge is -2.18. The SMILES string of the molecule is CCC(C)CCCCCCCCCCCCC(=O)O[C@H](COC(=O)CCCCCCCCCCCC(C)C)COC(=O)CCCCCCCCCCC(C)C. The lowest BCUT2D eigenvalue weighted by molar-refractivity contribution is -0.167. The van der Waals surface area contributed by atoms with Crippen molar-refractivity contribution >= 4 is 17.9 Å². The Balaban J connectivity index is 4.35. The minimum atomic E-state index is -0.762. The molecular weight excluding hydrogens is 685 g/mol. The van der Waals surface area contributed by atoms with Crippen LogP contribution in [0, 0.1) is 17.8 Å². The van der Waals surface area contributed by atoms with Gasteiger partial charge >= 0.3 is 17.9 Å². The topological polar surface area (TPSA) is 78.9 Å². The Kier molecular flexibility index (Phi) is 39.4. The first-order valence-corrected chi connectivity index (χ1v) is 24.1. The summed E-state index contributed by atoms with van der Waals surface area (Å²) in [6.07, 6.45) is 38.0. The molecule has 0 fully saturated rings. The predicted molar refractivity (Wildman–Crippen MR) is 233 cm³/mol. The Labute approximate surface area is 342 Å². The zero-order valence-corrected chi connectivity index (χ0v) is 37.7. The maximum Gasteiger partial charge on any atom is 0.306 e. The van der Waals surface area contributed by atoms with Gasteiger partial charge in [-0.3, -0.25) is 14.4 Å². The summed E-state index contributed by atoms with van der Waals surface area (Å²) in [5.41, 5.74) is 0. The van der Waals surface area contributed by atoms with Crippen LogP contribution in [0.1, 0.15) is 260 Å². The molecule has 0 aliphatic rings. The van der Waals surface area contributed by atoms with Gasteiger partial charge in [0.2, 0.25) is 0 Å². The Hall–Kier alpha value is -1.59. The smallest absolute Gasteiger partial charge is 0.306 e. The highest BCUT2D eigenvalue weighted by molar-refractivity contribution is 5.71. The minimum Gasteiger partial charge on any atom is -0.462 e. The maximum absolute atomic E-state index is 12.7. The van der Waals surface area contributed by atoms with Crippen molar-refractivity contribution in [3.63, 3.8) is 0 Å². The van der Waals surface area contributed by atoms with Gasteiger partial charge in [0.1, 0.15) is 13.2 Å². The minimum absolute atomic E-state index is 0.0660. The van der Waals surface area contributed by atoms with Gasteiger partial charge in [0.15, 0.2) is 6.10 Å². The normalized spacial score (nSPS) is 12.7. The summed E-state index contributed by atoms with van der Waals surface area (Å²) in [6.45, 7) is 13.7. The van der Waals surface area contributed by atoms with Crippen molar-refractivity contribution in [3.8, 4) is 0 Å². The molecule has 0 heterocycles. The molecule has 0 bridgehead atoms. The van der Waals surface area contributed by atoms with Crippen LogP contribution >= 0.6 is 0 Å². The molecule has 0 radical (unpaired) electrons. The Bertz CT molecular complexity index is 854. The average molecular weight is 779 g/mol. The Morgan fingerprint density at radius 1 is 0.364 bits per heavy atom. The van der Waals surface area contributed by atoms with Crippen molar-refractivity contribution in [2.24, 2.45) is 17.8 Å². The molecule has 326 valence electrons. The number of carbonyl (C=O) groups excluding carboxylic acids is 3. The van der Waals surface area contributed by atoms with Gasteiger partial charge in [-0.25, -0.2) is 0 Å². The molecule has 0 aromatic heterocycles. The van der Waals surface area contributed by atoms with Crippen LogP contribution in [0.25, 0.3) is 0 Å². The van der Waals surface area contributed by atoms with E-state index in [1.54, 1.807) is 0 Å². The molecule has 0 amide bonds. The quantitative estimate of drug-likeness (QED) is 0.0349. The third-order valence-corrected chi connectivity index (χ3v) is 11.3. The van der Waals surface area contributed by atoms with Gasteiger partial charge in [-0.05, 0) is 37.0 Å². The second kappa shape index (κ2) is 40.6. The summed E-state index contributed by atoms with van der Waals surface area (Å²) >= 11 is 0. The van der Waals surface area contributed by atoms with E-state index in [0.717, 1.165) is 75.5 Å². The van der Waals surface area contributed by atoms with Gasteiger partial charge in [-0.1, -0.05) is 221 Å². The lowest BCUT2D eigenvalue weighted by Crippen LogP contribution is -2.30. The molecule has 0 aliphatic carbocycles. The van der Waals surface area contributed by atoms with Crippen molar-refractivity contribution < 1.29 is 28.6 Å². The first kappa shape index (κ1) is 53.4. The van der Waals surface area contributed by atoms with Gasteiger partial charge in [0.25, 0.3) is 0 Å². The zero-order valence-electron chi connectivity index (χ0n) is 37.7. The standard InChI is InChI=1S/C49H94O6/c1-7-45(6)37-31-25-19-12-8-9-13-22-28-34-40-49(52)55-46(42-54-48(51)39-33-27-21-16-15-18-24-30-36-44(4)5)41-53-47(50)38-32-26-20-14-10-11-17-23-29-35-43(2)3/h43-46H,7-42H2,1-6H3/t45?,46-/m1/s1. The highest BCUT2D eigenvalue weighted by atomic mass is 16.6. The fourth-order valence-corrected chi connectivity index (χ4v) is 7.20. The van der Waals surface area contributed by atoms with Gasteiger partial charge in [-0.2, -0.15) is 0 Å². The molecule has 1 unspecified atom stereocenters. The Morgan fingerprint density at radius 2 is 0.636 bits per heavy atom. The van der Waals surface area contributed by atoms with Gasteiger partial charge in [-0.15, -0.1) is 0 Å². The number of unbranched alkanes of at least 4 members (excludes halogenated alkanes) is 24. The number of ether oxygens (including phenoxy) is 3. The van der Waals surface area contributed by atoms with E-state index >= 15 is 0 Å². The van der Waals surface area contributed by atoms with Gasteiger partial charge < -0.3 is 14.2 Å². The van der Waals surface area contributed by atoms with Crippen molar-refractivity contribution in [2.75, 3.05) is 13.2 Å². The van der Waals surface area contributed by atoms with Crippen molar-refractivity contribution in [1.29, 1.82) is 0 Å². The van der Waals surface area contributed by atoms with Crippen LogP contribution in [0.4, 0.5) is 0 Å². The van der Waals surface area contributed by atoms with Crippen LogP contribution < -0.4 is 0 Å². The summed E-state index contributed by atoms with van der Waals surface area (Å²) in [5.74, 6) is 1.61. The van der Waals surface area contributed by atoms with E-state index in [2.05, 4.69) is 41.5 Å². The molecule has 0 rings (SSSR count). The van der Waals surface area contributed by atoms with E-state index in [9.17, 15) is 14.4 Å². The number of hydrogen-bond donors (Lipinski definition) is 0. The summed E-state index contributed by atoms with van der Waals surface area (Å²) in [6, 6.07) is 0. The monoisotopic (exact) mass is 779 g/mol. The van der Waals surface area contributed by atoms with Crippen molar-refractivity contribution in [3.05, 3.63) is 0 Å². The second-order valence-electron chi connectivity index (χ2n) is 17.9. The van der Waals surface area contributed by atoms with E-state index in [-0.39, 0.29) is 31.1 Å². The highest BCUT2D eigenvalue weighted by Crippen LogP contribution is 2.17. The number of hydrogen-bond acceptors (Lipinski definition) is 6. The third kappa shape index (κ3) is 41.9. The van der Waals surface area contributed by atoms with E-state index in [1.165, 1.54) is 141 Å². The molecule has 0 aromatic carbocycles. The van der Waals surface area contributed by atoms with E-state index in [0.29, 0.717) is 19.3 Å². The molecule has 0 spiro atoms. The molecule has 55 heavy (non-hydrogen) atoms. The second-order valence-corrected chi connectivity index (χ2v) is 17.9. The average Bonchev–Trinajstić information content (AvgIpc) is 3.15. The van der Waals surface area contributed by atoms with Crippen LogP contribution in [-0.4, -0.2) is 37.2 Å². The fourth-order valence-electron chi connectivity index (χ4n) is 7.20. The summed E-state index contributed by atoms with van der Waals surface area (Å²) in [7, 11) is 0. The first-order valence-electron chi connectivity index (χ1n) is 24.1. The number of rotatable bonds is 42. The summed E-state index contributed by atoms with van der Waals surface area (Å²) in [4.78, 5) is 37.8. The number of esters is 3. The molecule has 6 heteroatoms. The highest BCUT2D eigenvalue weighted by Gasteiger charge is 2.19. The van der Waals surface area contributed by atoms with E-state index in [1.807, 2.05) is 0 Å². The van der Waals surface area contributed by atoms with E-state index < -0.39 is 6.10 Å². The maximum atomic E-state index is 12.7. The van der Waals surface area contributed by atoms with E-state index in [4.69, 9.17) is 14.2 Å². The van der Waals surface area contributed by atoms with Crippen LogP contribution in [0.15, 0.2) is 0 Å². The fraction of sp³-hybridized carbons (Fsp3) is 0.939. The molecular formula is C49H94O6. The first-order chi connectivity index (χ1) is 26.6. The molecule has 0 N–H and O–H groups in total. The van der Waals surface area contributed by atoms with Crippen LogP contribution in [0.3, 0.4) is 0 Å². The lowest BCUT2D eigenvalue weighted by atomic mass is 9.99. The zero-order chi connectivity index (χ0) is 40.6. The number of carbonyl (C=O) groups is 3. The molecule has 0 saturated carbocycles. The van der Waals surface area contributed by atoms with Gasteiger partial charge in [0.05, 0.1) is 0 Å². The predicted octanol–water partition coefficient (Wildman–Crippen LogP) is 15.2. The molecule has 0 saturated heterocycles. The van der Waals surface area contributed by atoms with Crippen LogP contribution in [-0.2, 0) is 28.6 Å².